The van der Waals surface area contributed by atoms with E-state index in [0.717, 1.165) is 22.3 Å². The summed E-state index contributed by atoms with van der Waals surface area (Å²) >= 11 is 0. The fourth-order valence-electron chi connectivity index (χ4n) is 2.32. The van der Waals surface area contributed by atoms with Gasteiger partial charge in [0.25, 0.3) is 0 Å². The average molecular weight is 273 g/mol. The minimum atomic E-state index is -0.216. The highest BCUT2D eigenvalue weighted by Gasteiger charge is 2.18. The molecule has 106 valence electrons. The predicted octanol–water partition coefficient (Wildman–Crippen LogP) is 2.18. The summed E-state index contributed by atoms with van der Waals surface area (Å²) in [6.45, 7) is 4.43. The van der Waals surface area contributed by atoms with Crippen molar-refractivity contribution in [2.45, 2.75) is 13.8 Å². The number of aryl methyl sites for hydroxylation is 1. The Morgan fingerprint density at radius 3 is 2.85 bits per heavy atom. The summed E-state index contributed by atoms with van der Waals surface area (Å²) in [6.07, 6.45) is 1.55. The highest BCUT2D eigenvalue weighted by atomic mass is 16.5. The normalized spacial score (nSPS) is 12.2. The Hall–Kier alpha value is -2.17. The molecule has 0 aliphatic carbocycles. The molecule has 0 aliphatic heterocycles. The van der Waals surface area contributed by atoms with Gasteiger partial charge in [-0.2, -0.15) is 0 Å². The largest absolute Gasteiger partial charge is 0.469 e. The second-order valence-corrected chi connectivity index (χ2v) is 4.97. The number of ether oxygens (including phenoxy) is 1. The average Bonchev–Trinajstić information content (AvgIpc) is 2.46. The molecule has 20 heavy (non-hydrogen) atoms. The molecule has 0 amide bonds. The lowest BCUT2D eigenvalue weighted by Crippen LogP contribution is -2.30. The molecule has 0 fully saturated rings. The van der Waals surface area contributed by atoms with Crippen molar-refractivity contribution in [3.63, 3.8) is 0 Å². The van der Waals surface area contributed by atoms with Crippen LogP contribution in [0.25, 0.3) is 10.9 Å². The third-order valence-electron chi connectivity index (χ3n) is 3.36. The van der Waals surface area contributed by atoms with Crippen molar-refractivity contribution in [2.24, 2.45) is 5.92 Å². The van der Waals surface area contributed by atoms with Crippen LogP contribution in [0, 0.1) is 12.8 Å². The highest BCUT2D eigenvalue weighted by molar-refractivity contribution is 5.92. The first-order valence-corrected chi connectivity index (χ1v) is 6.54. The van der Waals surface area contributed by atoms with Gasteiger partial charge in [0, 0.05) is 19.0 Å². The molecule has 1 aromatic heterocycles. The van der Waals surface area contributed by atoms with E-state index in [9.17, 15) is 4.79 Å². The van der Waals surface area contributed by atoms with Gasteiger partial charge in [0.2, 0.25) is 0 Å². The van der Waals surface area contributed by atoms with E-state index in [4.69, 9.17) is 4.74 Å². The molecule has 0 aliphatic rings. The maximum Gasteiger partial charge on any atom is 0.310 e. The van der Waals surface area contributed by atoms with Crippen LogP contribution in [0.5, 0.6) is 0 Å². The van der Waals surface area contributed by atoms with Gasteiger partial charge >= 0.3 is 5.97 Å². The molecule has 0 N–H and O–H groups in total. The molecule has 0 saturated heterocycles. The summed E-state index contributed by atoms with van der Waals surface area (Å²) in [5, 5.41) is 1.02. The van der Waals surface area contributed by atoms with Crippen LogP contribution in [0.1, 0.15) is 12.5 Å². The molecule has 2 rings (SSSR count). The highest BCUT2D eigenvalue weighted by Crippen LogP contribution is 2.25. The van der Waals surface area contributed by atoms with Crippen molar-refractivity contribution in [1.29, 1.82) is 0 Å². The Morgan fingerprint density at radius 1 is 1.40 bits per heavy atom. The van der Waals surface area contributed by atoms with E-state index in [1.807, 2.05) is 44.0 Å². The molecule has 1 aromatic carbocycles. The lowest BCUT2D eigenvalue weighted by Gasteiger charge is -2.22. The molecule has 0 bridgehead atoms. The Labute approximate surface area is 118 Å². The van der Waals surface area contributed by atoms with E-state index in [2.05, 4.69) is 9.97 Å². The van der Waals surface area contributed by atoms with E-state index >= 15 is 0 Å². The summed E-state index contributed by atoms with van der Waals surface area (Å²) in [5.74, 6) is 0.412. The first-order chi connectivity index (χ1) is 9.54. The van der Waals surface area contributed by atoms with E-state index in [-0.39, 0.29) is 11.9 Å². The summed E-state index contributed by atoms with van der Waals surface area (Å²) < 4.78 is 4.76. The number of rotatable bonds is 4. The standard InChI is InChI=1S/C15H19N3O2/c1-10-6-5-7-12-13(10)14(17-9-16-12)18(3)8-11(2)15(19)20-4/h5-7,9,11H,8H2,1-4H3/t11-/m0/s1. The number of anilines is 1. The van der Waals surface area contributed by atoms with Crippen LogP contribution in [0.2, 0.25) is 0 Å². The molecule has 0 spiro atoms. The monoisotopic (exact) mass is 273 g/mol. The van der Waals surface area contributed by atoms with Gasteiger partial charge < -0.3 is 9.64 Å². The van der Waals surface area contributed by atoms with E-state index in [1.165, 1.54) is 7.11 Å². The number of benzene rings is 1. The molecule has 5 nitrogen and oxygen atoms in total. The van der Waals surface area contributed by atoms with Gasteiger partial charge in [0.1, 0.15) is 12.1 Å². The molecule has 0 saturated carbocycles. The van der Waals surface area contributed by atoms with Gasteiger partial charge in [-0.05, 0) is 18.6 Å². The minimum Gasteiger partial charge on any atom is -0.469 e. The molecule has 2 aromatic rings. The topological polar surface area (TPSA) is 55.3 Å². The van der Waals surface area contributed by atoms with Crippen LogP contribution >= 0.6 is 0 Å². The van der Waals surface area contributed by atoms with Crippen LogP contribution in [0.4, 0.5) is 5.82 Å². The summed E-state index contributed by atoms with van der Waals surface area (Å²) in [6, 6.07) is 5.98. The van der Waals surface area contributed by atoms with Crippen molar-refractivity contribution in [3.8, 4) is 0 Å². The van der Waals surface area contributed by atoms with Gasteiger partial charge in [0.15, 0.2) is 0 Å². The minimum absolute atomic E-state index is 0.209. The zero-order valence-electron chi connectivity index (χ0n) is 12.3. The Bertz CT molecular complexity index is 622. The van der Waals surface area contributed by atoms with Crippen molar-refractivity contribution in [3.05, 3.63) is 30.1 Å². The van der Waals surface area contributed by atoms with Crippen LogP contribution in [0.15, 0.2) is 24.5 Å². The third kappa shape index (κ3) is 2.71. The van der Waals surface area contributed by atoms with Crippen LogP contribution in [0.3, 0.4) is 0 Å². The van der Waals surface area contributed by atoms with Crippen molar-refractivity contribution in [1.82, 2.24) is 9.97 Å². The zero-order valence-corrected chi connectivity index (χ0v) is 12.3. The predicted molar refractivity (Wildman–Crippen MR) is 78.7 cm³/mol. The number of carbonyl (C=O) groups is 1. The SMILES string of the molecule is COC(=O)[C@@H](C)CN(C)c1ncnc2cccc(C)c12. The van der Waals surface area contributed by atoms with Crippen molar-refractivity contribution < 1.29 is 9.53 Å². The van der Waals surface area contributed by atoms with Gasteiger partial charge in [-0.25, -0.2) is 9.97 Å². The maximum atomic E-state index is 11.5. The molecule has 1 heterocycles. The number of methoxy groups -OCH3 is 1. The summed E-state index contributed by atoms with van der Waals surface area (Å²) in [7, 11) is 3.33. The second-order valence-electron chi connectivity index (χ2n) is 4.97. The number of aromatic nitrogens is 2. The fourth-order valence-corrected chi connectivity index (χ4v) is 2.32. The molecular weight excluding hydrogens is 254 g/mol. The fraction of sp³-hybridized carbons (Fsp3) is 0.400. The molecule has 1 atom stereocenters. The lowest BCUT2D eigenvalue weighted by molar-refractivity contribution is -0.144. The Kier molecular flexibility index (Phi) is 4.17. The van der Waals surface area contributed by atoms with Gasteiger partial charge in [-0.15, -0.1) is 0 Å². The van der Waals surface area contributed by atoms with Crippen molar-refractivity contribution in [2.75, 3.05) is 25.6 Å². The summed E-state index contributed by atoms with van der Waals surface area (Å²) in [5.41, 5.74) is 2.03. The third-order valence-corrected chi connectivity index (χ3v) is 3.36. The van der Waals surface area contributed by atoms with Crippen LogP contribution in [-0.4, -0.2) is 36.6 Å². The second kappa shape index (κ2) is 5.86. The number of hydrogen-bond donors (Lipinski definition) is 0. The number of fused-ring (bicyclic) bond motifs is 1. The molecular formula is C15H19N3O2. The van der Waals surface area contributed by atoms with Crippen LogP contribution < -0.4 is 4.90 Å². The van der Waals surface area contributed by atoms with E-state index in [1.54, 1.807) is 6.33 Å². The Balaban J connectivity index is 2.35. The van der Waals surface area contributed by atoms with E-state index < -0.39 is 0 Å². The number of esters is 1. The molecule has 0 radical (unpaired) electrons. The smallest absolute Gasteiger partial charge is 0.310 e. The van der Waals surface area contributed by atoms with Crippen molar-refractivity contribution >= 4 is 22.7 Å². The molecule has 5 heteroatoms. The first kappa shape index (κ1) is 14.2. The maximum absolute atomic E-state index is 11.5. The van der Waals surface area contributed by atoms with Gasteiger partial charge in [-0.1, -0.05) is 19.1 Å². The lowest BCUT2D eigenvalue weighted by atomic mass is 10.1. The zero-order chi connectivity index (χ0) is 14.7. The number of nitrogens with zero attached hydrogens (tertiary/aromatic N) is 3. The van der Waals surface area contributed by atoms with Gasteiger partial charge in [-0.3, -0.25) is 4.79 Å². The Morgan fingerprint density at radius 2 is 2.15 bits per heavy atom. The number of carbonyl (C=O) groups excluding carboxylic acids is 1. The number of hydrogen-bond acceptors (Lipinski definition) is 5. The first-order valence-electron chi connectivity index (χ1n) is 6.54. The summed E-state index contributed by atoms with van der Waals surface area (Å²) in [4.78, 5) is 22.2. The molecule has 0 unspecified atom stereocenters. The quantitative estimate of drug-likeness (QED) is 0.799. The van der Waals surface area contributed by atoms with Crippen LogP contribution in [-0.2, 0) is 9.53 Å². The van der Waals surface area contributed by atoms with E-state index in [0.29, 0.717) is 6.54 Å². The van der Waals surface area contributed by atoms with Gasteiger partial charge in [0.05, 0.1) is 18.5 Å².